The molecule has 0 saturated heterocycles. The number of nitrogens with two attached hydrogens (primary N) is 1. The number of aryl methyl sites for hydroxylation is 1. The molecule has 1 amide bonds. The number of aliphatic imine (C=N–C) groups is 1. The Morgan fingerprint density at radius 3 is 2.58 bits per heavy atom. The van der Waals surface area contributed by atoms with Crippen LogP contribution in [0, 0.1) is 0 Å². The number of ether oxygens (including phenoxy) is 1. The van der Waals surface area contributed by atoms with Crippen LogP contribution in [0.25, 0.3) is 33.4 Å². The van der Waals surface area contributed by atoms with Crippen molar-refractivity contribution in [3.8, 4) is 22.4 Å². The van der Waals surface area contributed by atoms with Gasteiger partial charge in [0.2, 0.25) is 0 Å². The van der Waals surface area contributed by atoms with Crippen LogP contribution in [0.4, 0.5) is 11.5 Å². The Kier molecular flexibility index (Phi) is 7.19. The summed E-state index contributed by atoms with van der Waals surface area (Å²) in [6.45, 7) is 13.9. The summed E-state index contributed by atoms with van der Waals surface area (Å²) in [6, 6.07) is 14.0. The molecule has 3 N–H and O–H groups in total. The van der Waals surface area contributed by atoms with E-state index in [1.807, 2.05) is 61.9 Å². The zero-order valence-corrected chi connectivity index (χ0v) is 23.2. The Morgan fingerprint density at radius 2 is 1.88 bits per heavy atom. The number of nitrogens with zero attached hydrogens (tertiary/aromatic N) is 4. The van der Waals surface area contributed by atoms with Crippen LogP contribution in [-0.2, 0) is 23.2 Å². The van der Waals surface area contributed by atoms with E-state index in [1.165, 1.54) is 6.33 Å². The largest absolute Gasteiger partial charge is 0.383 e. The maximum absolute atomic E-state index is 12.1. The van der Waals surface area contributed by atoms with Crippen molar-refractivity contribution in [2.75, 3.05) is 11.1 Å². The highest BCUT2D eigenvalue weighted by atomic mass is 16.5. The number of amides is 1. The predicted molar refractivity (Wildman–Crippen MR) is 162 cm³/mol. The van der Waals surface area contributed by atoms with E-state index in [4.69, 9.17) is 10.5 Å². The lowest BCUT2D eigenvalue weighted by atomic mass is 9.94. The summed E-state index contributed by atoms with van der Waals surface area (Å²) in [5.74, 6) is 0.189. The van der Waals surface area contributed by atoms with Crippen LogP contribution in [0.3, 0.4) is 0 Å². The molecule has 1 aliphatic heterocycles. The van der Waals surface area contributed by atoms with Gasteiger partial charge in [0.25, 0.3) is 5.91 Å². The van der Waals surface area contributed by atoms with Gasteiger partial charge in [0.05, 0.1) is 23.4 Å². The lowest BCUT2D eigenvalue weighted by molar-refractivity contribution is -0.112. The summed E-state index contributed by atoms with van der Waals surface area (Å²) < 4.78 is 8.15. The predicted octanol–water partition coefficient (Wildman–Crippen LogP) is 6.52. The van der Waals surface area contributed by atoms with E-state index in [2.05, 4.69) is 51.6 Å². The van der Waals surface area contributed by atoms with Crippen LogP contribution in [0.1, 0.15) is 38.0 Å². The van der Waals surface area contributed by atoms with Crippen LogP contribution >= 0.6 is 0 Å². The number of benzene rings is 2. The molecule has 3 heterocycles. The van der Waals surface area contributed by atoms with Crippen LogP contribution < -0.4 is 11.1 Å². The van der Waals surface area contributed by atoms with E-state index in [0.717, 1.165) is 50.3 Å². The Morgan fingerprint density at radius 1 is 1.15 bits per heavy atom. The molecule has 8 heteroatoms. The summed E-state index contributed by atoms with van der Waals surface area (Å²) in [7, 11) is 1.96. The van der Waals surface area contributed by atoms with Crippen LogP contribution in [0.5, 0.6) is 0 Å². The quantitative estimate of drug-likeness (QED) is 0.208. The molecule has 0 saturated carbocycles. The Labute approximate surface area is 233 Å². The highest BCUT2D eigenvalue weighted by Gasteiger charge is 2.28. The second-order valence-electron chi connectivity index (χ2n) is 9.90. The number of nitrogens with one attached hydrogen (secondary N) is 1. The highest BCUT2D eigenvalue weighted by Crippen LogP contribution is 2.44. The molecule has 4 aromatic rings. The molecule has 0 aliphatic carbocycles. The maximum atomic E-state index is 12.1. The number of rotatable bonds is 7. The summed E-state index contributed by atoms with van der Waals surface area (Å²) in [5.41, 5.74) is 15.7. The average molecular weight is 533 g/mol. The van der Waals surface area contributed by atoms with Crippen molar-refractivity contribution >= 4 is 34.2 Å². The number of anilines is 2. The van der Waals surface area contributed by atoms with Gasteiger partial charge in [0.1, 0.15) is 23.9 Å². The zero-order valence-electron chi connectivity index (χ0n) is 23.2. The van der Waals surface area contributed by atoms with Gasteiger partial charge < -0.3 is 20.4 Å². The minimum absolute atomic E-state index is 0.217. The first-order valence-electron chi connectivity index (χ1n) is 13.0. The van der Waals surface area contributed by atoms with Gasteiger partial charge in [-0.25, -0.2) is 9.97 Å². The number of hydrogen-bond donors (Lipinski definition) is 2. The van der Waals surface area contributed by atoms with Crippen molar-refractivity contribution in [1.82, 2.24) is 14.5 Å². The molecular formula is C32H32N6O2. The first-order valence-corrected chi connectivity index (χ1v) is 13.0. The SMILES string of the molecule is C=C(C)C(=O)Nc1ccc(-c2c(-c3ccc4c(c3)CO[C@@H]4C(=C)/N=C(C)\C=C/C)c3c(N)ncnc3n2C)cc1. The molecule has 0 unspecified atom stereocenters. The molecule has 0 radical (unpaired) electrons. The smallest absolute Gasteiger partial charge is 0.250 e. The summed E-state index contributed by atoms with van der Waals surface area (Å²) >= 11 is 0. The third-order valence-electron chi connectivity index (χ3n) is 6.95. The molecule has 0 fully saturated rings. The van der Waals surface area contributed by atoms with Crippen LogP contribution in [-0.4, -0.2) is 26.2 Å². The van der Waals surface area contributed by atoms with Gasteiger partial charge in [0, 0.05) is 29.6 Å². The van der Waals surface area contributed by atoms with Crippen molar-refractivity contribution in [3.63, 3.8) is 0 Å². The fourth-order valence-electron chi connectivity index (χ4n) is 5.09. The van der Waals surface area contributed by atoms with E-state index < -0.39 is 0 Å². The van der Waals surface area contributed by atoms with Gasteiger partial charge in [-0.3, -0.25) is 9.79 Å². The summed E-state index contributed by atoms with van der Waals surface area (Å²) in [5, 5.41) is 3.64. The molecule has 8 nitrogen and oxygen atoms in total. The Hall–Kier alpha value is -4.82. The lowest BCUT2D eigenvalue weighted by Crippen LogP contribution is -2.11. The van der Waals surface area contributed by atoms with Gasteiger partial charge in [-0.05, 0) is 67.3 Å². The molecule has 2 aromatic heterocycles. The standard InChI is InChI=1S/C32H32N6O2/c1-7-8-19(4)36-20(5)29-25-14-11-22(15-23(25)16-40-29)26-27-30(33)34-17-35-31(27)38(6)28(26)21-9-12-24(13-10-21)37-32(39)18(2)3/h7-15,17,29H,2,5,16H2,1,3-4,6H3,(H,37,39)(H2,33,34,35)/b8-7-,36-19-/t29-/m1/s1. The van der Waals surface area contributed by atoms with Crippen molar-refractivity contribution < 1.29 is 9.53 Å². The van der Waals surface area contributed by atoms with Gasteiger partial charge in [0.15, 0.2) is 0 Å². The average Bonchev–Trinajstić information content (AvgIpc) is 3.48. The fraction of sp³-hybridized carbons (Fsp3) is 0.188. The number of aromatic nitrogens is 3. The fourth-order valence-corrected chi connectivity index (χ4v) is 5.09. The number of allylic oxidation sites excluding steroid dienone is 2. The number of carbonyl (C=O) groups excluding carboxylic acids is 1. The highest BCUT2D eigenvalue weighted by molar-refractivity contribution is 6.08. The van der Waals surface area contributed by atoms with Gasteiger partial charge in [-0.2, -0.15) is 0 Å². The molecule has 40 heavy (non-hydrogen) atoms. The van der Waals surface area contributed by atoms with E-state index in [9.17, 15) is 4.79 Å². The Balaban J connectivity index is 1.60. The number of hydrogen-bond acceptors (Lipinski definition) is 6. The first-order chi connectivity index (χ1) is 19.2. The molecule has 2 aromatic carbocycles. The molecular weight excluding hydrogens is 500 g/mol. The van der Waals surface area contributed by atoms with Crippen LogP contribution in [0.15, 0.2) is 90.4 Å². The summed E-state index contributed by atoms with van der Waals surface area (Å²) in [6.07, 6.45) is 5.07. The van der Waals surface area contributed by atoms with Crippen LogP contribution in [0.2, 0.25) is 0 Å². The van der Waals surface area contributed by atoms with Gasteiger partial charge >= 0.3 is 0 Å². The third kappa shape index (κ3) is 4.85. The van der Waals surface area contributed by atoms with Crippen molar-refractivity contribution in [2.24, 2.45) is 12.0 Å². The second-order valence-corrected chi connectivity index (χ2v) is 9.90. The minimum atomic E-state index is -0.299. The number of nitrogen functional groups attached to an aromatic ring is 1. The van der Waals surface area contributed by atoms with Gasteiger partial charge in [-0.1, -0.05) is 43.5 Å². The number of carbonyl (C=O) groups is 1. The lowest BCUT2D eigenvalue weighted by Gasteiger charge is -2.13. The number of fused-ring (bicyclic) bond motifs is 2. The van der Waals surface area contributed by atoms with Gasteiger partial charge in [-0.15, -0.1) is 0 Å². The maximum Gasteiger partial charge on any atom is 0.250 e. The van der Waals surface area contributed by atoms with E-state index in [0.29, 0.717) is 29.4 Å². The summed E-state index contributed by atoms with van der Waals surface area (Å²) in [4.78, 5) is 25.5. The van der Waals surface area contributed by atoms with E-state index >= 15 is 0 Å². The first kappa shape index (κ1) is 26.8. The molecule has 0 bridgehead atoms. The molecule has 202 valence electrons. The minimum Gasteiger partial charge on any atom is -0.383 e. The van der Waals surface area contributed by atoms with E-state index in [1.54, 1.807) is 6.92 Å². The second kappa shape index (κ2) is 10.7. The Bertz CT molecular complexity index is 1730. The monoisotopic (exact) mass is 532 g/mol. The normalized spacial score (nSPS) is 15.0. The third-order valence-corrected chi connectivity index (χ3v) is 6.95. The molecule has 0 spiro atoms. The zero-order chi connectivity index (χ0) is 28.6. The molecule has 1 aliphatic rings. The van der Waals surface area contributed by atoms with Crippen molar-refractivity contribution in [2.45, 2.75) is 33.5 Å². The van der Waals surface area contributed by atoms with Crippen molar-refractivity contribution in [3.05, 3.63) is 96.5 Å². The van der Waals surface area contributed by atoms with E-state index in [-0.39, 0.29) is 12.0 Å². The molecule has 5 rings (SSSR count). The topological polar surface area (TPSA) is 107 Å². The molecule has 1 atom stereocenters. The van der Waals surface area contributed by atoms with Crippen molar-refractivity contribution in [1.29, 1.82) is 0 Å².